The standard InChI is InChI=1S/C14H21N3O2.ClH/c1-11-5-6-16(14(7-11)9-15)10-12-3-2-4-13(8-12)17(18)19;/h2-4,8,11,14H,5-7,9-10,15H2,1H3;1H. The number of non-ortho nitro benzene ring substituents is 1. The fourth-order valence-corrected chi connectivity index (χ4v) is 2.76. The fourth-order valence-electron chi connectivity index (χ4n) is 2.76. The lowest BCUT2D eigenvalue weighted by molar-refractivity contribution is -0.384. The van der Waals surface area contributed by atoms with Gasteiger partial charge in [-0.25, -0.2) is 0 Å². The molecule has 1 heterocycles. The maximum absolute atomic E-state index is 10.8. The number of benzene rings is 1. The van der Waals surface area contributed by atoms with Crippen LogP contribution in [0, 0.1) is 16.0 Å². The predicted molar refractivity (Wildman–Crippen MR) is 82.0 cm³/mol. The van der Waals surface area contributed by atoms with E-state index in [-0.39, 0.29) is 23.0 Å². The maximum Gasteiger partial charge on any atom is 0.269 e. The zero-order valence-corrected chi connectivity index (χ0v) is 12.5. The van der Waals surface area contributed by atoms with Gasteiger partial charge in [0.1, 0.15) is 0 Å². The minimum atomic E-state index is -0.345. The van der Waals surface area contributed by atoms with Crippen LogP contribution in [0.1, 0.15) is 25.3 Å². The Hall–Kier alpha value is -1.17. The smallest absolute Gasteiger partial charge is 0.269 e. The second kappa shape index (κ2) is 7.57. The molecule has 1 saturated heterocycles. The van der Waals surface area contributed by atoms with Gasteiger partial charge in [0, 0.05) is 31.3 Å². The van der Waals surface area contributed by atoms with Crippen molar-refractivity contribution in [1.29, 1.82) is 0 Å². The first-order chi connectivity index (χ1) is 9.10. The molecule has 0 saturated carbocycles. The second-order valence-electron chi connectivity index (χ2n) is 5.42. The number of piperidine rings is 1. The molecule has 1 aromatic carbocycles. The molecule has 0 radical (unpaired) electrons. The largest absolute Gasteiger partial charge is 0.329 e. The lowest BCUT2D eigenvalue weighted by atomic mass is 9.92. The summed E-state index contributed by atoms with van der Waals surface area (Å²) in [6.45, 7) is 4.68. The van der Waals surface area contributed by atoms with Crippen LogP contribution in [0.2, 0.25) is 0 Å². The van der Waals surface area contributed by atoms with Crippen LogP contribution >= 0.6 is 12.4 Å². The van der Waals surface area contributed by atoms with Crippen LogP contribution in [-0.4, -0.2) is 29.0 Å². The van der Waals surface area contributed by atoms with Crippen molar-refractivity contribution in [3.63, 3.8) is 0 Å². The molecule has 0 bridgehead atoms. The number of nitro groups is 1. The van der Waals surface area contributed by atoms with Gasteiger partial charge in [-0.3, -0.25) is 15.0 Å². The van der Waals surface area contributed by atoms with Crippen LogP contribution < -0.4 is 5.73 Å². The van der Waals surface area contributed by atoms with E-state index >= 15 is 0 Å². The Morgan fingerprint density at radius 2 is 2.25 bits per heavy atom. The molecule has 2 N–H and O–H groups in total. The minimum Gasteiger partial charge on any atom is -0.329 e. The van der Waals surface area contributed by atoms with E-state index in [4.69, 9.17) is 5.73 Å². The summed E-state index contributed by atoms with van der Waals surface area (Å²) in [7, 11) is 0. The molecular formula is C14H22ClN3O2. The lowest BCUT2D eigenvalue weighted by Gasteiger charge is -2.38. The van der Waals surface area contributed by atoms with Gasteiger partial charge in [-0.05, 0) is 30.9 Å². The van der Waals surface area contributed by atoms with E-state index in [9.17, 15) is 10.1 Å². The van der Waals surface area contributed by atoms with E-state index in [2.05, 4.69) is 11.8 Å². The quantitative estimate of drug-likeness (QED) is 0.685. The average Bonchev–Trinajstić information content (AvgIpc) is 2.41. The highest BCUT2D eigenvalue weighted by Gasteiger charge is 2.25. The zero-order valence-electron chi connectivity index (χ0n) is 11.7. The molecule has 1 aliphatic rings. The Bertz CT molecular complexity index is 456. The minimum absolute atomic E-state index is 0. The molecule has 1 aliphatic heterocycles. The van der Waals surface area contributed by atoms with E-state index in [1.54, 1.807) is 12.1 Å². The van der Waals surface area contributed by atoms with Crippen LogP contribution in [0.25, 0.3) is 0 Å². The van der Waals surface area contributed by atoms with E-state index in [1.165, 1.54) is 12.5 Å². The van der Waals surface area contributed by atoms with Crippen LogP contribution in [0.15, 0.2) is 24.3 Å². The molecule has 0 aliphatic carbocycles. The molecule has 2 rings (SSSR count). The van der Waals surface area contributed by atoms with Gasteiger partial charge < -0.3 is 5.73 Å². The summed E-state index contributed by atoms with van der Waals surface area (Å²) in [4.78, 5) is 12.8. The zero-order chi connectivity index (χ0) is 13.8. The first kappa shape index (κ1) is 16.9. The van der Waals surface area contributed by atoms with E-state index in [0.29, 0.717) is 12.6 Å². The molecule has 0 spiro atoms. The molecule has 6 heteroatoms. The van der Waals surface area contributed by atoms with Crippen molar-refractivity contribution in [2.24, 2.45) is 11.7 Å². The first-order valence-corrected chi connectivity index (χ1v) is 6.77. The normalized spacial score (nSPS) is 23.1. The van der Waals surface area contributed by atoms with Crippen LogP contribution in [0.3, 0.4) is 0 Å². The molecule has 5 nitrogen and oxygen atoms in total. The van der Waals surface area contributed by atoms with Crippen LogP contribution in [0.5, 0.6) is 0 Å². The molecule has 1 fully saturated rings. The Balaban J connectivity index is 0.00000200. The highest BCUT2D eigenvalue weighted by molar-refractivity contribution is 5.85. The molecule has 2 atom stereocenters. The summed E-state index contributed by atoms with van der Waals surface area (Å²) in [5.41, 5.74) is 6.99. The molecule has 20 heavy (non-hydrogen) atoms. The topological polar surface area (TPSA) is 72.4 Å². The number of nitro benzene ring substituents is 1. The van der Waals surface area contributed by atoms with Crippen molar-refractivity contribution in [3.05, 3.63) is 39.9 Å². The van der Waals surface area contributed by atoms with Gasteiger partial charge in [-0.15, -0.1) is 12.4 Å². The summed E-state index contributed by atoms with van der Waals surface area (Å²) in [6, 6.07) is 7.27. The number of halogens is 1. The molecule has 0 amide bonds. The Kier molecular flexibility index (Phi) is 6.39. The number of nitrogens with zero attached hydrogens (tertiary/aromatic N) is 2. The third-order valence-corrected chi connectivity index (χ3v) is 3.88. The van der Waals surface area contributed by atoms with Crippen molar-refractivity contribution < 1.29 is 4.92 Å². The maximum atomic E-state index is 10.8. The molecule has 1 aromatic rings. The molecule has 2 unspecified atom stereocenters. The number of likely N-dealkylation sites (tertiary alicyclic amines) is 1. The van der Waals surface area contributed by atoms with Gasteiger partial charge in [0.05, 0.1) is 4.92 Å². The van der Waals surface area contributed by atoms with E-state index in [1.807, 2.05) is 6.07 Å². The third-order valence-electron chi connectivity index (χ3n) is 3.88. The SMILES string of the molecule is CC1CCN(Cc2cccc([N+](=O)[O-])c2)C(CN)C1.Cl. The Morgan fingerprint density at radius 3 is 2.90 bits per heavy atom. The van der Waals surface area contributed by atoms with Crippen molar-refractivity contribution >= 4 is 18.1 Å². The Labute approximate surface area is 125 Å². The molecule has 112 valence electrons. The highest BCUT2D eigenvalue weighted by atomic mass is 35.5. The monoisotopic (exact) mass is 299 g/mol. The summed E-state index contributed by atoms with van der Waals surface area (Å²) in [6.07, 6.45) is 2.29. The lowest BCUT2D eigenvalue weighted by Crippen LogP contribution is -2.45. The van der Waals surface area contributed by atoms with Gasteiger partial charge in [-0.2, -0.15) is 0 Å². The van der Waals surface area contributed by atoms with Gasteiger partial charge >= 0.3 is 0 Å². The fraction of sp³-hybridized carbons (Fsp3) is 0.571. The average molecular weight is 300 g/mol. The van der Waals surface area contributed by atoms with Gasteiger partial charge in [0.25, 0.3) is 5.69 Å². The molecular weight excluding hydrogens is 278 g/mol. The van der Waals surface area contributed by atoms with Crippen LogP contribution in [-0.2, 0) is 6.54 Å². The van der Waals surface area contributed by atoms with Crippen molar-refractivity contribution in [2.75, 3.05) is 13.1 Å². The Morgan fingerprint density at radius 1 is 1.50 bits per heavy atom. The van der Waals surface area contributed by atoms with Gasteiger partial charge in [0.2, 0.25) is 0 Å². The number of hydrogen-bond donors (Lipinski definition) is 1. The van der Waals surface area contributed by atoms with E-state index < -0.39 is 0 Å². The summed E-state index contributed by atoms with van der Waals surface area (Å²) in [5.74, 6) is 0.718. The summed E-state index contributed by atoms with van der Waals surface area (Å²) in [5, 5.41) is 10.8. The van der Waals surface area contributed by atoms with Crippen molar-refractivity contribution in [1.82, 2.24) is 4.90 Å². The van der Waals surface area contributed by atoms with Crippen molar-refractivity contribution in [3.8, 4) is 0 Å². The number of hydrogen-bond acceptors (Lipinski definition) is 4. The van der Waals surface area contributed by atoms with Crippen LogP contribution in [0.4, 0.5) is 5.69 Å². The molecule has 0 aromatic heterocycles. The number of rotatable bonds is 4. The summed E-state index contributed by atoms with van der Waals surface area (Å²) >= 11 is 0. The first-order valence-electron chi connectivity index (χ1n) is 6.77. The van der Waals surface area contributed by atoms with E-state index in [0.717, 1.165) is 31.0 Å². The van der Waals surface area contributed by atoms with Crippen molar-refractivity contribution in [2.45, 2.75) is 32.4 Å². The third kappa shape index (κ3) is 4.16. The summed E-state index contributed by atoms with van der Waals surface area (Å²) < 4.78 is 0. The number of nitrogens with two attached hydrogens (primary N) is 1. The second-order valence-corrected chi connectivity index (χ2v) is 5.42. The predicted octanol–water partition coefficient (Wildman–Crippen LogP) is 2.58. The highest BCUT2D eigenvalue weighted by Crippen LogP contribution is 2.24. The van der Waals surface area contributed by atoms with Gasteiger partial charge in [-0.1, -0.05) is 19.1 Å². The van der Waals surface area contributed by atoms with Gasteiger partial charge in [0.15, 0.2) is 0 Å².